The summed E-state index contributed by atoms with van der Waals surface area (Å²) >= 11 is 0. The molecule has 1 aromatic heterocycles. The van der Waals surface area contributed by atoms with Gasteiger partial charge in [0.15, 0.2) is 0 Å². The summed E-state index contributed by atoms with van der Waals surface area (Å²) in [7, 11) is 0. The average Bonchev–Trinajstić information content (AvgIpc) is 3.24. The van der Waals surface area contributed by atoms with Crippen molar-refractivity contribution >= 4 is 5.91 Å². The molecule has 0 saturated carbocycles. The smallest absolute Gasteiger partial charge is 0.339 e. The molecule has 0 unspecified atom stereocenters. The van der Waals surface area contributed by atoms with E-state index >= 15 is 0 Å². The molecule has 1 aliphatic rings. The largest absolute Gasteiger partial charge is 0.416 e. The van der Waals surface area contributed by atoms with Crippen LogP contribution in [0.5, 0.6) is 0 Å². The maximum Gasteiger partial charge on any atom is 0.416 e. The van der Waals surface area contributed by atoms with Crippen molar-refractivity contribution in [3.05, 3.63) is 71.6 Å². The molecule has 0 N–H and O–H groups in total. The van der Waals surface area contributed by atoms with Crippen LogP contribution < -0.4 is 0 Å². The van der Waals surface area contributed by atoms with Gasteiger partial charge in [-0.2, -0.15) is 18.2 Å². The summed E-state index contributed by atoms with van der Waals surface area (Å²) < 4.78 is 43.4. The minimum atomic E-state index is -4.41. The zero-order chi connectivity index (χ0) is 20.4. The first kappa shape index (κ1) is 19.2. The number of likely N-dealkylation sites (tertiary alicyclic amines) is 1. The molecule has 3 aromatic rings. The third-order valence-electron chi connectivity index (χ3n) is 5.06. The lowest BCUT2D eigenvalue weighted by Gasteiger charge is -2.30. The Bertz CT molecular complexity index is 976. The van der Waals surface area contributed by atoms with E-state index in [0.717, 1.165) is 17.7 Å². The molecule has 29 heavy (non-hydrogen) atoms. The Balaban J connectivity index is 1.38. The first-order valence-corrected chi connectivity index (χ1v) is 9.27. The van der Waals surface area contributed by atoms with Crippen molar-refractivity contribution in [1.82, 2.24) is 15.0 Å². The zero-order valence-corrected chi connectivity index (χ0v) is 15.4. The molecule has 150 valence electrons. The van der Waals surface area contributed by atoms with E-state index in [4.69, 9.17) is 4.52 Å². The highest BCUT2D eigenvalue weighted by atomic mass is 19.4. The van der Waals surface area contributed by atoms with E-state index in [1.165, 1.54) is 12.1 Å². The normalized spacial score (nSPS) is 15.5. The molecule has 8 heteroatoms. The zero-order valence-electron chi connectivity index (χ0n) is 15.4. The summed E-state index contributed by atoms with van der Waals surface area (Å²) in [6.45, 7) is 0.959. The highest BCUT2D eigenvalue weighted by molar-refractivity contribution is 5.94. The molecular weight excluding hydrogens is 383 g/mol. The minimum Gasteiger partial charge on any atom is -0.339 e. The van der Waals surface area contributed by atoms with Crippen molar-refractivity contribution < 1.29 is 22.5 Å². The number of alkyl halides is 3. The molecular formula is C21H18F3N3O2. The molecule has 2 heterocycles. The van der Waals surface area contributed by atoms with Crippen LogP contribution >= 0.6 is 0 Å². The van der Waals surface area contributed by atoms with Gasteiger partial charge in [-0.15, -0.1) is 0 Å². The van der Waals surface area contributed by atoms with Gasteiger partial charge in [0.1, 0.15) is 0 Å². The maximum atomic E-state index is 12.7. The summed E-state index contributed by atoms with van der Waals surface area (Å²) in [5.74, 6) is 0.860. The van der Waals surface area contributed by atoms with Gasteiger partial charge in [-0.05, 0) is 37.1 Å². The molecule has 0 aliphatic carbocycles. The second kappa shape index (κ2) is 7.69. The fourth-order valence-electron chi connectivity index (χ4n) is 3.42. The molecule has 1 saturated heterocycles. The third-order valence-corrected chi connectivity index (χ3v) is 5.06. The first-order chi connectivity index (χ1) is 13.9. The number of nitrogens with zero attached hydrogens (tertiary/aromatic N) is 3. The summed E-state index contributed by atoms with van der Waals surface area (Å²) in [6, 6.07) is 13.8. The Morgan fingerprint density at radius 1 is 1.00 bits per heavy atom. The molecule has 0 bridgehead atoms. The molecule has 0 radical (unpaired) electrons. The SMILES string of the molecule is O=C(c1ccc(C(F)(F)F)cc1)N1CCC(c2nc(-c3ccccc3)no2)CC1. The van der Waals surface area contributed by atoms with Crippen molar-refractivity contribution in [1.29, 1.82) is 0 Å². The minimum absolute atomic E-state index is 0.0524. The molecule has 0 spiro atoms. The Hall–Kier alpha value is -3.16. The van der Waals surface area contributed by atoms with Crippen molar-refractivity contribution in [3.63, 3.8) is 0 Å². The molecule has 1 amide bonds. The fraction of sp³-hybridized carbons (Fsp3) is 0.286. The van der Waals surface area contributed by atoms with Crippen molar-refractivity contribution in [2.24, 2.45) is 0 Å². The van der Waals surface area contributed by atoms with Crippen molar-refractivity contribution in [2.45, 2.75) is 24.9 Å². The number of hydrogen-bond donors (Lipinski definition) is 0. The summed E-state index contributed by atoms with van der Waals surface area (Å²) in [5, 5.41) is 4.03. The first-order valence-electron chi connectivity index (χ1n) is 9.27. The number of piperidine rings is 1. The Labute approximate surface area is 165 Å². The van der Waals surface area contributed by atoms with E-state index in [1.807, 2.05) is 30.3 Å². The van der Waals surface area contributed by atoms with E-state index in [0.29, 0.717) is 37.6 Å². The number of amides is 1. The number of carbonyl (C=O) groups is 1. The lowest BCUT2D eigenvalue weighted by atomic mass is 9.96. The van der Waals surface area contributed by atoms with Gasteiger partial charge in [0, 0.05) is 30.1 Å². The van der Waals surface area contributed by atoms with Crippen LogP contribution in [0.25, 0.3) is 11.4 Å². The van der Waals surface area contributed by atoms with Crippen LogP contribution in [-0.2, 0) is 6.18 Å². The number of aromatic nitrogens is 2. The molecule has 0 atom stereocenters. The maximum absolute atomic E-state index is 12.7. The van der Waals surface area contributed by atoms with Gasteiger partial charge in [0.2, 0.25) is 11.7 Å². The second-order valence-electron chi connectivity index (χ2n) is 6.96. The topological polar surface area (TPSA) is 59.2 Å². The van der Waals surface area contributed by atoms with Crippen LogP contribution in [0.2, 0.25) is 0 Å². The van der Waals surface area contributed by atoms with Gasteiger partial charge in [-0.1, -0.05) is 35.5 Å². The molecule has 1 fully saturated rings. The number of rotatable bonds is 3. The van der Waals surface area contributed by atoms with Crippen LogP contribution in [0, 0.1) is 0 Å². The number of hydrogen-bond acceptors (Lipinski definition) is 4. The van der Waals surface area contributed by atoms with E-state index in [1.54, 1.807) is 4.90 Å². The van der Waals surface area contributed by atoms with Gasteiger partial charge < -0.3 is 9.42 Å². The number of carbonyl (C=O) groups excluding carboxylic acids is 1. The van der Waals surface area contributed by atoms with Crippen molar-refractivity contribution in [2.75, 3.05) is 13.1 Å². The summed E-state index contributed by atoms with van der Waals surface area (Å²) in [4.78, 5) is 18.7. The van der Waals surface area contributed by atoms with Gasteiger partial charge in [-0.3, -0.25) is 4.79 Å². The quantitative estimate of drug-likeness (QED) is 0.634. The average molecular weight is 401 g/mol. The molecule has 4 rings (SSSR count). The van der Waals surface area contributed by atoms with E-state index < -0.39 is 11.7 Å². The standard InChI is InChI=1S/C21H18F3N3O2/c22-21(23,24)17-8-6-16(7-9-17)20(28)27-12-10-15(11-13-27)19-25-18(26-29-19)14-4-2-1-3-5-14/h1-9,15H,10-13H2. The monoisotopic (exact) mass is 401 g/mol. The molecule has 1 aliphatic heterocycles. The Morgan fingerprint density at radius 2 is 1.66 bits per heavy atom. The Morgan fingerprint density at radius 3 is 2.28 bits per heavy atom. The van der Waals surface area contributed by atoms with Gasteiger partial charge >= 0.3 is 6.18 Å². The molecule has 5 nitrogen and oxygen atoms in total. The van der Waals surface area contributed by atoms with E-state index in [-0.39, 0.29) is 17.4 Å². The van der Waals surface area contributed by atoms with Crippen LogP contribution in [0.15, 0.2) is 59.1 Å². The van der Waals surface area contributed by atoms with Gasteiger partial charge in [0.05, 0.1) is 5.56 Å². The van der Waals surface area contributed by atoms with Gasteiger partial charge in [0.25, 0.3) is 5.91 Å². The summed E-state index contributed by atoms with van der Waals surface area (Å²) in [5.41, 5.74) is 0.358. The van der Waals surface area contributed by atoms with Crippen LogP contribution in [0.3, 0.4) is 0 Å². The van der Waals surface area contributed by atoms with Crippen LogP contribution in [0.4, 0.5) is 13.2 Å². The van der Waals surface area contributed by atoms with Crippen LogP contribution in [-0.4, -0.2) is 34.0 Å². The highest BCUT2D eigenvalue weighted by Gasteiger charge is 2.31. The third kappa shape index (κ3) is 4.16. The molecule has 2 aromatic carbocycles. The number of benzene rings is 2. The predicted octanol–water partition coefficient (Wildman–Crippen LogP) is 4.78. The summed E-state index contributed by atoms with van der Waals surface area (Å²) in [6.07, 6.45) is -3.10. The van der Waals surface area contributed by atoms with Gasteiger partial charge in [-0.25, -0.2) is 0 Å². The van der Waals surface area contributed by atoms with Crippen LogP contribution in [0.1, 0.15) is 40.6 Å². The predicted molar refractivity (Wildman–Crippen MR) is 99.1 cm³/mol. The number of halogens is 3. The van der Waals surface area contributed by atoms with Crippen molar-refractivity contribution in [3.8, 4) is 11.4 Å². The van der Waals surface area contributed by atoms with E-state index in [9.17, 15) is 18.0 Å². The highest BCUT2D eigenvalue weighted by Crippen LogP contribution is 2.31. The lowest BCUT2D eigenvalue weighted by molar-refractivity contribution is -0.137. The fourth-order valence-corrected chi connectivity index (χ4v) is 3.42. The second-order valence-corrected chi connectivity index (χ2v) is 6.96. The van der Waals surface area contributed by atoms with E-state index in [2.05, 4.69) is 10.1 Å². The lowest BCUT2D eigenvalue weighted by Crippen LogP contribution is -2.38. The Kier molecular flexibility index (Phi) is 5.08.